The Morgan fingerprint density at radius 1 is 0.971 bits per heavy atom. The second kappa shape index (κ2) is 9.84. The first-order chi connectivity index (χ1) is 16.7. The molecule has 4 heterocycles. The van der Waals surface area contributed by atoms with Crippen molar-refractivity contribution in [2.45, 2.75) is 18.5 Å². The Bertz CT molecular complexity index is 1260. The normalized spacial score (nSPS) is 17.4. The monoisotopic (exact) mass is 468 g/mol. The van der Waals surface area contributed by atoms with Crippen LogP contribution in [0.1, 0.15) is 29.9 Å². The van der Waals surface area contributed by atoms with Gasteiger partial charge in [-0.3, -0.25) is 14.8 Å². The van der Waals surface area contributed by atoms with Gasteiger partial charge in [0, 0.05) is 54.8 Å². The van der Waals surface area contributed by atoms with Crippen LogP contribution >= 0.6 is 12.2 Å². The van der Waals surface area contributed by atoms with E-state index >= 15 is 0 Å². The molecule has 170 valence electrons. The third-order valence-electron chi connectivity index (χ3n) is 5.86. The molecule has 1 aromatic carbocycles. The number of hydrogen-bond acceptors (Lipinski definition) is 4. The molecule has 2 atom stereocenters. The van der Waals surface area contributed by atoms with Gasteiger partial charge in [-0.1, -0.05) is 24.3 Å². The van der Waals surface area contributed by atoms with E-state index in [1.807, 2.05) is 72.9 Å². The summed E-state index contributed by atoms with van der Waals surface area (Å²) in [5.41, 5.74) is 3.74. The van der Waals surface area contributed by atoms with Gasteiger partial charge in [-0.25, -0.2) is 0 Å². The van der Waals surface area contributed by atoms with E-state index in [9.17, 15) is 4.79 Å². The number of aromatic nitrogens is 3. The zero-order valence-electron chi connectivity index (χ0n) is 18.4. The molecule has 3 aromatic heterocycles. The number of rotatable bonds is 7. The first kappa shape index (κ1) is 21.8. The van der Waals surface area contributed by atoms with E-state index in [4.69, 9.17) is 12.2 Å². The zero-order chi connectivity index (χ0) is 23.3. The fourth-order valence-corrected chi connectivity index (χ4v) is 4.64. The van der Waals surface area contributed by atoms with Gasteiger partial charge in [0.25, 0.3) is 0 Å². The number of thiocarbonyl (C=S) groups is 1. The fourth-order valence-electron chi connectivity index (χ4n) is 4.31. The number of pyridine rings is 2. The summed E-state index contributed by atoms with van der Waals surface area (Å²) >= 11 is 5.75. The highest BCUT2D eigenvalue weighted by molar-refractivity contribution is 7.80. The van der Waals surface area contributed by atoms with Crippen molar-refractivity contribution < 1.29 is 4.79 Å². The summed E-state index contributed by atoms with van der Waals surface area (Å²) in [5, 5.41) is 7.01. The number of nitrogens with one attached hydrogen (secondary N) is 2. The molecule has 5 rings (SSSR count). The van der Waals surface area contributed by atoms with Gasteiger partial charge in [-0.15, -0.1) is 0 Å². The van der Waals surface area contributed by atoms with Crippen LogP contribution < -0.4 is 10.6 Å². The lowest BCUT2D eigenvalue weighted by atomic mass is 10.0. The molecule has 0 spiro atoms. The molecule has 1 aliphatic heterocycles. The van der Waals surface area contributed by atoms with Crippen LogP contribution in [0.25, 0.3) is 5.69 Å². The maximum Gasteiger partial charge on any atom is 0.226 e. The molecule has 34 heavy (non-hydrogen) atoms. The van der Waals surface area contributed by atoms with E-state index in [0.29, 0.717) is 18.1 Å². The Hall–Kier alpha value is -4.04. The number of para-hydroxylation sites is 1. The summed E-state index contributed by atoms with van der Waals surface area (Å²) in [6, 6.07) is 23.1. The average Bonchev–Trinajstić information content (AvgIpc) is 3.48. The molecular weight excluding hydrogens is 444 g/mol. The van der Waals surface area contributed by atoms with E-state index in [1.54, 1.807) is 18.6 Å². The largest absolute Gasteiger partial charge is 0.352 e. The molecule has 7 nitrogen and oxygen atoms in total. The summed E-state index contributed by atoms with van der Waals surface area (Å²) in [6.45, 7) is 0.472. The van der Waals surface area contributed by atoms with Gasteiger partial charge in [-0.05, 0) is 60.7 Å². The average molecular weight is 469 g/mol. The molecule has 1 aliphatic rings. The minimum absolute atomic E-state index is 0.0569. The molecule has 1 amide bonds. The lowest BCUT2D eigenvalue weighted by Gasteiger charge is -2.28. The maximum absolute atomic E-state index is 12.7. The summed E-state index contributed by atoms with van der Waals surface area (Å²) in [6.07, 6.45) is 7.67. The van der Waals surface area contributed by atoms with Crippen LogP contribution in [-0.4, -0.2) is 37.0 Å². The molecule has 0 radical (unpaired) electrons. The highest BCUT2D eigenvalue weighted by Gasteiger charge is 2.41. The SMILES string of the molecule is O=C(CCN1C(=S)NC(c2ccccn2)C1c1cccn1-c1ccncc1)Nc1ccccc1. The summed E-state index contributed by atoms with van der Waals surface area (Å²) in [5.74, 6) is -0.0569. The van der Waals surface area contributed by atoms with Crippen molar-refractivity contribution in [3.63, 3.8) is 0 Å². The first-order valence-electron chi connectivity index (χ1n) is 11.1. The van der Waals surface area contributed by atoms with Crippen LogP contribution in [0.15, 0.2) is 97.6 Å². The van der Waals surface area contributed by atoms with Gasteiger partial charge in [0.05, 0.1) is 17.8 Å². The summed E-state index contributed by atoms with van der Waals surface area (Å²) in [7, 11) is 0. The number of carbonyl (C=O) groups excluding carboxylic acids is 1. The Morgan fingerprint density at radius 2 is 1.76 bits per heavy atom. The van der Waals surface area contributed by atoms with Crippen LogP contribution in [0.2, 0.25) is 0 Å². The fraction of sp³-hybridized carbons (Fsp3) is 0.154. The maximum atomic E-state index is 12.7. The Morgan fingerprint density at radius 3 is 2.53 bits per heavy atom. The Balaban J connectivity index is 1.44. The molecular formula is C26H24N6OS. The highest BCUT2D eigenvalue weighted by Crippen LogP contribution is 2.39. The van der Waals surface area contributed by atoms with Crippen LogP contribution in [0.4, 0.5) is 5.69 Å². The Kier molecular flexibility index (Phi) is 6.31. The number of benzene rings is 1. The van der Waals surface area contributed by atoms with Crippen molar-refractivity contribution in [3.05, 3.63) is 109 Å². The van der Waals surface area contributed by atoms with Crippen molar-refractivity contribution in [1.82, 2.24) is 24.8 Å². The van der Waals surface area contributed by atoms with Gasteiger partial charge in [0.15, 0.2) is 5.11 Å². The lowest BCUT2D eigenvalue weighted by molar-refractivity contribution is -0.116. The number of amides is 1. The minimum atomic E-state index is -0.152. The van der Waals surface area contributed by atoms with E-state index in [-0.39, 0.29) is 18.0 Å². The van der Waals surface area contributed by atoms with E-state index in [0.717, 1.165) is 22.8 Å². The standard InChI is InChI=1S/C26H24N6OS/c33-23(29-19-7-2-1-3-8-19)13-18-32-25(24(30-26(32)34)21-9-4-5-14-28-21)22-10-6-17-31(22)20-11-15-27-16-12-20/h1-12,14-17,24-25H,13,18H2,(H,29,33)(H,30,34). The van der Waals surface area contributed by atoms with Crippen molar-refractivity contribution in [2.24, 2.45) is 0 Å². The minimum Gasteiger partial charge on any atom is -0.352 e. The van der Waals surface area contributed by atoms with Crippen molar-refractivity contribution >= 4 is 28.9 Å². The van der Waals surface area contributed by atoms with Gasteiger partial charge in [0.1, 0.15) is 0 Å². The highest BCUT2D eigenvalue weighted by atomic mass is 32.1. The number of nitrogens with zero attached hydrogens (tertiary/aromatic N) is 4. The molecule has 8 heteroatoms. The van der Waals surface area contributed by atoms with Gasteiger partial charge >= 0.3 is 0 Å². The zero-order valence-corrected chi connectivity index (χ0v) is 19.2. The topological polar surface area (TPSA) is 75.1 Å². The smallest absolute Gasteiger partial charge is 0.226 e. The summed E-state index contributed by atoms with van der Waals surface area (Å²) < 4.78 is 2.13. The molecule has 1 saturated heterocycles. The van der Waals surface area contributed by atoms with Gasteiger partial charge in [0.2, 0.25) is 5.91 Å². The molecule has 0 bridgehead atoms. The number of anilines is 1. The summed E-state index contributed by atoms with van der Waals surface area (Å²) in [4.78, 5) is 23.5. The molecule has 1 fully saturated rings. The Labute approximate surface area is 203 Å². The third kappa shape index (κ3) is 4.53. The van der Waals surface area contributed by atoms with E-state index in [1.165, 1.54) is 0 Å². The number of hydrogen-bond donors (Lipinski definition) is 2. The molecule has 4 aromatic rings. The van der Waals surface area contributed by atoms with E-state index < -0.39 is 0 Å². The van der Waals surface area contributed by atoms with Crippen molar-refractivity contribution in [1.29, 1.82) is 0 Å². The van der Waals surface area contributed by atoms with Crippen molar-refractivity contribution in [3.8, 4) is 5.69 Å². The molecule has 0 saturated carbocycles. The quantitative estimate of drug-likeness (QED) is 0.395. The van der Waals surface area contributed by atoms with Crippen LogP contribution in [0, 0.1) is 0 Å². The lowest BCUT2D eigenvalue weighted by Crippen LogP contribution is -2.33. The van der Waals surface area contributed by atoms with Crippen LogP contribution in [0.5, 0.6) is 0 Å². The third-order valence-corrected chi connectivity index (χ3v) is 6.21. The van der Waals surface area contributed by atoms with Gasteiger partial charge in [-0.2, -0.15) is 0 Å². The number of carbonyl (C=O) groups is 1. The molecule has 2 unspecified atom stereocenters. The van der Waals surface area contributed by atoms with E-state index in [2.05, 4.69) is 36.1 Å². The van der Waals surface area contributed by atoms with Gasteiger partial charge < -0.3 is 20.1 Å². The van der Waals surface area contributed by atoms with Crippen molar-refractivity contribution in [2.75, 3.05) is 11.9 Å². The van der Waals surface area contributed by atoms with Crippen LogP contribution in [-0.2, 0) is 4.79 Å². The predicted octanol–water partition coefficient (Wildman–Crippen LogP) is 4.27. The second-order valence-electron chi connectivity index (χ2n) is 7.99. The molecule has 2 N–H and O–H groups in total. The van der Waals surface area contributed by atoms with Crippen LogP contribution in [0.3, 0.4) is 0 Å². The predicted molar refractivity (Wildman–Crippen MR) is 135 cm³/mol. The molecule has 0 aliphatic carbocycles. The second-order valence-corrected chi connectivity index (χ2v) is 8.38. The first-order valence-corrected chi connectivity index (χ1v) is 11.5.